The van der Waals surface area contributed by atoms with Gasteiger partial charge in [0.25, 0.3) is 0 Å². The Balaban J connectivity index is 1.74. The number of nitrogens with one attached hydrogen (secondary N) is 2. The van der Waals surface area contributed by atoms with Crippen LogP contribution in [0.4, 0.5) is 0 Å². The Kier molecular flexibility index (Phi) is 5.89. The maximum Gasteiger partial charge on any atom is 0.208 e. The molecule has 1 aliphatic rings. The van der Waals surface area contributed by atoms with Gasteiger partial charge in [0, 0.05) is 35.2 Å². The molecule has 0 fully saturated rings. The second kappa shape index (κ2) is 7.98. The van der Waals surface area contributed by atoms with Crippen molar-refractivity contribution in [3.05, 3.63) is 29.5 Å². The summed E-state index contributed by atoms with van der Waals surface area (Å²) in [6.07, 6.45) is 7.19. The zero-order chi connectivity index (χ0) is 18.7. The van der Waals surface area contributed by atoms with E-state index in [1.807, 2.05) is 6.07 Å². The van der Waals surface area contributed by atoms with Crippen LogP contribution < -0.4 is 9.46 Å². The zero-order valence-corrected chi connectivity index (χ0v) is 16.7. The van der Waals surface area contributed by atoms with Crippen molar-refractivity contribution in [2.45, 2.75) is 38.6 Å². The second-order valence-corrected chi connectivity index (χ2v) is 8.93. The fourth-order valence-electron chi connectivity index (χ4n) is 4.03. The molecule has 0 radical (unpaired) electrons. The summed E-state index contributed by atoms with van der Waals surface area (Å²) in [5, 5.41) is 1.32. The van der Waals surface area contributed by atoms with Crippen LogP contribution in [0, 0.1) is 0 Å². The van der Waals surface area contributed by atoms with Gasteiger partial charge in [0.05, 0.1) is 13.4 Å². The third-order valence-electron chi connectivity index (χ3n) is 5.12. The molecule has 0 saturated heterocycles. The van der Waals surface area contributed by atoms with Gasteiger partial charge in [-0.1, -0.05) is 6.92 Å². The van der Waals surface area contributed by atoms with Gasteiger partial charge >= 0.3 is 0 Å². The van der Waals surface area contributed by atoms with Gasteiger partial charge in [0.1, 0.15) is 5.75 Å². The number of hydrogen-bond acceptors (Lipinski definition) is 4. The van der Waals surface area contributed by atoms with Gasteiger partial charge in [-0.15, -0.1) is 0 Å². The van der Waals surface area contributed by atoms with E-state index in [0.717, 1.165) is 44.5 Å². The molecule has 2 aromatic rings. The van der Waals surface area contributed by atoms with Crippen LogP contribution in [0.2, 0.25) is 0 Å². The number of methoxy groups -OCH3 is 1. The Morgan fingerprint density at radius 3 is 2.81 bits per heavy atom. The minimum atomic E-state index is -3.12. The van der Waals surface area contributed by atoms with Gasteiger partial charge in [-0.05, 0) is 56.5 Å². The molecular formula is C19H29N3O3S. The number of ether oxygens (including phenoxy) is 1. The molecule has 6 nitrogen and oxygen atoms in total. The first-order valence-electron chi connectivity index (χ1n) is 9.27. The lowest BCUT2D eigenvalue weighted by Gasteiger charge is -2.34. The summed E-state index contributed by atoms with van der Waals surface area (Å²) in [6.45, 7) is 4.58. The smallest absolute Gasteiger partial charge is 0.208 e. The Labute approximate surface area is 156 Å². The van der Waals surface area contributed by atoms with Crippen LogP contribution in [0.25, 0.3) is 10.9 Å². The first kappa shape index (κ1) is 19.2. The summed E-state index contributed by atoms with van der Waals surface area (Å²) in [5.41, 5.74) is 3.81. The highest BCUT2D eigenvalue weighted by Crippen LogP contribution is 2.37. The SMILES string of the molecule is CCCN(CCCNS(C)(=O)=O)C1Cc2c[nH]c3ccc(OC)c(c23)C1. The largest absolute Gasteiger partial charge is 0.496 e. The molecule has 2 N–H and O–H groups in total. The van der Waals surface area contributed by atoms with E-state index in [1.165, 1.54) is 28.3 Å². The predicted molar refractivity (Wildman–Crippen MR) is 105 cm³/mol. The normalized spacial score (nSPS) is 17.2. The Hall–Kier alpha value is -1.57. The standard InChI is InChI=1S/C19H29N3O3S/c1-4-9-22(10-5-8-21-26(3,23)24)15-11-14-13-20-17-6-7-18(25-2)16(12-15)19(14)17/h6-7,13,15,20-21H,4-5,8-12H2,1-3H3. The molecule has 1 heterocycles. The van der Waals surface area contributed by atoms with Crippen molar-refractivity contribution >= 4 is 20.9 Å². The van der Waals surface area contributed by atoms with Crippen molar-refractivity contribution in [2.24, 2.45) is 0 Å². The highest BCUT2D eigenvalue weighted by molar-refractivity contribution is 7.88. The summed E-state index contributed by atoms with van der Waals surface area (Å²) >= 11 is 0. The first-order valence-corrected chi connectivity index (χ1v) is 11.2. The van der Waals surface area contributed by atoms with Crippen LogP contribution >= 0.6 is 0 Å². The van der Waals surface area contributed by atoms with E-state index in [-0.39, 0.29) is 0 Å². The predicted octanol–water partition coefficient (Wildman–Crippen LogP) is 2.30. The molecular weight excluding hydrogens is 350 g/mol. The van der Waals surface area contributed by atoms with Crippen molar-refractivity contribution in [1.29, 1.82) is 0 Å². The first-order chi connectivity index (χ1) is 12.4. The number of aromatic amines is 1. The molecule has 0 amide bonds. The van der Waals surface area contributed by atoms with E-state index in [2.05, 4.69) is 33.8 Å². The van der Waals surface area contributed by atoms with Crippen LogP contribution in [0.15, 0.2) is 18.3 Å². The van der Waals surface area contributed by atoms with Crippen LogP contribution in [-0.2, 0) is 22.9 Å². The van der Waals surface area contributed by atoms with Gasteiger partial charge in [-0.3, -0.25) is 4.90 Å². The van der Waals surface area contributed by atoms with Crippen LogP contribution in [0.5, 0.6) is 5.75 Å². The summed E-state index contributed by atoms with van der Waals surface area (Å²) < 4.78 is 30.7. The number of benzene rings is 1. The molecule has 1 aliphatic carbocycles. The Bertz CT molecular complexity index is 860. The summed E-state index contributed by atoms with van der Waals surface area (Å²) in [7, 11) is -1.39. The molecule has 0 bridgehead atoms. The highest BCUT2D eigenvalue weighted by Gasteiger charge is 2.28. The molecule has 1 aromatic heterocycles. The minimum Gasteiger partial charge on any atom is -0.496 e. The molecule has 3 rings (SSSR count). The monoisotopic (exact) mass is 379 g/mol. The topological polar surface area (TPSA) is 74.4 Å². The van der Waals surface area contributed by atoms with Crippen LogP contribution in [0.1, 0.15) is 30.9 Å². The van der Waals surface area contributed by atoms with E-state index in [9.17, 15) is 8.42 Å². The van der Waals surface area contributed by atoms with Gasteiger partial charge in [-0.2, -0.15) is 0 Å². The van der Waals surface area contributed by atoms with Gasteiger partial charge in [0.15, 0.2) is 0 Å². The van der Waals surface area contributed by atoms with E-state index >= 15 is 0 Å². The number of hydrogen-bond donors (Lipinski definition) is 2. The summed E-state index contributed by atoms with van der Waals surface area (Å²) in [5.74, 6) is 0.957. The lowest BCUT2D eigenvalue weighted by Crippen LogP contribution is -2.42. The fraction of sp³-hybridized carbons (Fsp3) is 0.579. The van der Waals surface area contributed by atoms with E-state index in [0.29, 0.717) is 12.6 Å². The minimum absolute atomic E-state index is 0.413. The molecule has 0 spiro atoms. The summed E-state index contributed by atoms with van der Waals surface area (Å²) in [4.78, 5) is 5.88. The van der Waals surface area contributed by atoms with Crippen LogP contribution in [0.3, 0.4) is 0 Å². The van der Waals surface area contributed by atoms with Gasteiger partial charge < -0.3 is 9.72 Å². The number of rotatable bonds is 9. The molecule has 7 heteroatoms. The van der Waals surface area contributed by atoms with Gasteiger partial charge in [-0.25, -0.2) is 13.1 Å². The summed E-state index contributed by atoms with van der Waals surface area (Å²) in [6, 6.07) is 4.54. The van der Waals surface area contributed by atoms with E-state index in [4.69, 9.17) is 4.74 Å². The molecule has 0 aliphatic heterocycles. The quantitative estimate of drug-likeness (QED) is 0.656. The third-order valence-corrected chi connectivity index (χ3v) is 5.85. The lowest BCUT2D eigenvalue weighted by molar-refractivity contribution is 0.189. The Morgan fingerprint density at radius 1 is 1.31 bits per heavy atom. The van der Waals surface area contributed by atoms with Crippen molar-refractivity contribution in [2.75, 3.05) is 33.0 Å². The highest BCUT2D eigenvalue weighted by atomic mass is 32.2. The third kappa shape index (κ3) is 4.22. The average molecular weight is 380 g/mol. The van der Waals surface area contributed by atoms with Crippen LogP contribution in [-0.4, -0.2) is 57.3 Å². The fourth-order valence-corrected chi connectivity index (χ4v) is 4.55. The molecule has 26 heavy (non-hydrogen) atoms. The Morgan fingerprint density at radius 2 is 2.12 bits per heavy atom. The molecule has 144 valence electrons. The van der Waals surface area contributed by atoms with E-state index in [1.54, 1.807) is 7.11 Å². The number of aromatic nitrogens is 1. The molecule has 0 saturated carbocycles. The molecule has 1 atom stereocenters. The van der Waals surface area contributed by atoms with Crippen molar-refractivity contribution in [3.8, 4) is 5.75 Å². The second-order valence-electron chi connectivity index (χ2n) is 7.10. The van der Waals surface area contributed by atoms with Gasteiger partial charge in [0.2, 0.25) is 10.0 Å². The molecule has 1 aromatic carbocycles. The number of nitrogens with zero attached hydrogens (tertiary/aromatic N) is 1. The van der Waals surface area contributed by atoms with Crippen molar-refractivity contribution in [1.82, 2.24) is 14.6 Å². The van der Waals surface area contributed by atoms with Crippen molar-refractivity contribution < 1.29 is 13.2 Å². The van der Waals surface area contributed by atoms with Crippen molar-refractivity contribution in [3.63, 3.8) is 0 Å². The zero-order valence-electron chi connectivity index (χ0n) is 15.8. The maximum atomic E-state index is 11.2. The number of sulfonamides is 1. The maximum absolute atomic E-state index is 11.2. The number of H-pyrrole nitrogens is 1. The lowest BCUT2D eigenvalue weighted by atomic mass is 9.87. The average Bonchev–Trinajstić information content (AvgIpc) is 3.01. The van der Waals surface area contributed by atoms with E-state index < -0.39 is 10.0 Å². The molecule has 1 unspecified atom stereocenters.